The van der Waals surface area contributed by atoms with E-state index in [4.69, 9.17) is 0 Å². The van der Waals surface area contributed by atoms with Crippen LogP contribution in [0.15, 0.2) is 78.5 Å². The van der Waals surface area contributed by atoms with Gasteiger partial charge >= 0.3 is 0 Å². The number of rotatable bonds is 9. The van der Waals surface area contributed by atoms with Crippen molar-refractivity contribution in [2.45, 2.75) is 26.4 Å². The summed E-state index contributed by atoms with van der Waals surface area (Å²) in [5, 5.41) is 13.5. The van der Waals surface area contributed by atoms with Crippen LogP contribution in [0.3, 0.4) is 0 Å². The molecule has 0 fully saturated rings. The highest BCUT2D eigenvalue weighted by Gasteiger charge is 2.13. The summed E-state index contributed by atoms with van der Waals surface area (Å²) in [5.41, 5.74) is 3.90. The van der Waals surface area contributed by atoms with E-state index in [2.05, 4.69) is 28.6 Å². The van der Waals surface area contributed by atoms with Gasteiger partial charge in [-0.15, -0.1) is 0 Å². The molecular weight excluding hydrogens is 398 g/mol. The Hall–Kier alpha value is -2.89. The zero-order valence-corrected chi connectivity index (χ0v) is 19.8. The second-order valence-electron chi connectivity index (χ2n) is 7.78. The summed E-state index contributed by atoms with van der Waals surface area (Å²) in [6.45, 7) is 6.79. The predicted octanol–water partition coefficient (Wildman–Crippen LogP) is 4.04. The maximum atomic E-state index is 12.7. The van der Waals surface area contributed by atoms with Crippen molar-refractivity contribution in [3.63, 3.8) is 0 Å². The van der Waals surface area contributed by atoms with Crippen LogP contribution in [0.5, 0.6) is 0 Å². The summed E-state index contributed by atoms with van der Waals surface area (Å²) in [6, 6.07) is 17.5. The molecule has 1 unspecified atom stereocenters. The molecule has 172 valence electrons. The van der Waals surface area contributed by atoms with E-state index in [1.165, 1.54) is 0 Å². The summed E-state index contributed by atoms with van der Waals surface area (Å²) in [6.07, 6.45) is 6.60. The first-order chi connectivity index (χ1) is 15.5. The zero-order valence-electron chi connectivity index (χ0n) is 19.8. The Morgan fingerprint density at radius 1 is 1.12 bits per heavy atom. The van der Waals surface area contributed by atoms with Gasteiger partial charge in [0.1, 0.15) is 0 Å². The number of aliphatic hydroxyl groups excluding tert-OH is 1. The lowest BCUT2D eigenvalue weighted by Gasteiger charge is -2.22. The molecule has 0 aromatic heterocycles. The van der Waals surface area contributed by atoms with Gasteiger partial charge in [-0.2, -0.15) is 0 Å². The SMILES string of the molecule is CC.CN1C=C(CN(C)C(=O)c2ccc(CCNCC(O)c3ccccc3)cc2)C=CC1. The Kier molecular flexibility index (Phi) is 10.7. The maximum Gasteiger partial charge on any atom is 0.253 e. The van der Waals surface area contributed by atoms with E-state index in [0.29, 0.717) is 18.7 Å². The van der Waals surface area contributed by atoms with Crippen LogP contribution in [0.2, 0.25) is 0 Å². The molecule has 1 aliphatic rings. The van der Waals surface area contributed by atoms with Crippen LogP contribution in [-0.2, 0) is 6.42 Å². The van der Waals surface area contributed by atoms with Crippen molar-refractivity contribution < 1.29 is 9.90 Å². The smallest absolute Gasteiger partial charge is 0.253 e. The molecular formula is C27H37N3O2. The molecule has 0 spiro atoms. The van der Waals surface area contributed by atoms with Crippen molar-refractivity contribution >= 4 is 5.91 Å². The minimum Gasteiger partial charge on any atom is -0.387 e. The minimum absolute atomic E-state index is 0.0215. The second-order valence-corrected chi connectivity index (χ2v) is 7.78. The van der Waals surface area contributed by atoms with Gasteiger partial charge in [0.05, 0.1) is 6.10 Å². The van der Waals surface area contributed by atoms with Gasteiger partial charge in [-0.05, 0) is 41.8 Å². The van der Waals surface area contributed by atoms with Crippen LogP contribution < -0.4 is 5.32 Å². The number of nitrogens with zero attached hydrogens (tertiary/aromatic N) is 2. The molecule has 1 amide bonds. The lowest BCUT2D eigenvalue weighted by Crippen LogP contribution is -2.29. The van der Waals surface area contributed by atoms with E-state index in [1.54, 1.807) is 4.90 Å². The number of carbonyl (C=O) groups is 1. The minimum atomic E-state index is -0.504. The Labute approximate surface area is 193 Å². The summed E-state index contributed by atoms with van der Waals surface area (Å²) in [7, 11) is 3.86. The van der Waals surface area contributed by atoms with Gasteiger partial charge in [-0.25, -0.2) is 0 Å². The van der Waals surface area contributed by atoms with Crippen LogP contribution in [0.4, 0.5) is 0 Å². The van der Waals surface area contributed by atoms with Crippen LogP contribution >= 0.6 is 0 Å². The summed E-state index contributed by atoms with van der Waals surface area (Å²) in [5.74, 6) is 0.0215. The number of aliphatic hydroxyl groups is 1. The van der Waals surface area contributed by atoms with E-state index in [1.807, 2.05) is 82.5 Å². The third-order valence-electron chi connectivity index (χ3n) is 5.19. The summed E-state index contributed by atoms with van der Waals surface area (Å²) >= 11 is 0. The molecule has 1 aliphatic heterocycles. The molecule has 2 aromatic carbocycles. The van der Waals surface area contributed by atoms with E-state index >= 15 is 0 Å². The first-order valence-corrected chi connectivity index (χ1v) is 11.4. The lowest BCUT2D eigenvalue weighted by molar-refractivity contribution is 0.0807. The van der Waals surface area contributed by atoms with E-state index in [9.17, 15) is 9.90 Å². The summed E-state index contributed by atoms with van der Waals surface area (Å²) in [4.78, 5) is 16.6. The quantitative estimate of drug-likeness (QED) is 0.584. The molecule has 3 rings (SSSR count). The normalized spacial score (nSPS) is 13.7. The van der Waals surface area contributed by atoms with Gasteiger partial charge in [0, 0.05) is 45.5 Å². The molecule has 5 nitrogen and oxygen atoms in total. The molecule has 5 heteroatoms. The molecule has 1 heterocycles. The fraction of sp³-hybridized carbons (Fsp3) is 0.370. The third kappa shape index (κ3) is 7.98. The van der Waals surface area contributed by atoms with Gasteiger partial charge in [0.25, 0.3) is 5.91 Å². The fourth-order valence-electron chi connectivity index (χ4n) is 3.49. The molecule has 0 saturated carbocycles. The van der Waals surface area contributed by atoms with E-state index in [0.717, 1.165) is 36.2 Å². The molecule has 1 atom stereocenters. The van der Waals surface area contributed by atoms with Crippen molar-refractivity contribution in [3.8, 4) is 0 Å². The van der Waals surface area contributed by atoms with Gasteiger partial charge in [-0.1, -0.05) is 68.5 Å². The number of hydrogen-bond acceptors (Lipinski definition) is 4. The molecule has 0 saturated heterocycles. The Bertz CT molecular complexity index is 876. The highest BCUT2D eigenvalue weighted by atomic mass is 16.3. The zero-order chi connectivity index (χ0) is 23.3. The van der Waals surface area contributed by atoms with Crippen LogP contribution in [-0.4, -0.2) is 61.1 Å². The van der Waals surface area contributed by atoms with Crippen molar-refractivity contribution in [2.75, 3.05) is 40.3 Å². The lowest BCUT2D eigenvalue weighted by atomic mass is 10.1. The highest BCUT2D eigenvalue weighted by molar-refractivity contribution is 5.94. The number of hydrogen-bond donors (Lipinski definition) is 2. The number of likely N-dealkylation sites (N-methyl/N-ethyl adjacent to an activating group) is 2. The number of benzene rings is 2. The molecule has 2 aromatic rings. The average Bonchev–Trinajstić information content (AvgIpc) is 2.83. The molecule has 2 N–H and O–H groups in total. The van der Waals surface area contributed by atoms with E-state index in [-0.39, 0.29) is 5.91 Å². The molecule has 0 aliphatic carbocycles. The van der Waals surface area contributed by atoms with E-state index < -0.39 is 6.10 Å². The first kappa shape index (κ1) is 25.4. The van der Waals surface area contributed by atoms with Gasteiger partial charge in [-0.3, -0.25) is 4.79 Å². The van der Waals surface area contributed by atoms with Crippen molar-refractivity contribution in [1.82, 2.24) is 15.1 Å². The maximum absolute atomic E-state index is 12.7. The monoisotopic (exact) mass is 435 g/mol. The Morgan fingerprint density at radius 2 is 1.81 bits per heavy atom. The van der Waals surface area contributed by atoms with Crippen LogP contribution in [0, 0.1) is 0 Å². The number of nitrogens with one attached hydrogen (secondary N) is 1. The van der Waals surface area contributed by atoms with Gasteiger partial charge in [0.2, 0.25) is 0 Å². The molecule has 0 bridgehead atoms. The van der Waals surface area contributed by atoms with Gasteiger partial charge in [0.15, 0.2) is 0 Å². The second kappa shape index (κ2) is 13.5. The molecule has 32 heavy (non-hydrogen) atoms. The van der Waals surface area contributed by atoms with Crippen molar-refractivity contribution in [3.05, 3.63) is 95.2 Å². The van der Waals surface area contributed by atoms with Gasteiger partial charge < -0.3 is 20.2 Å². The summed E-state index contributed by atoms with van der Waals surface area (Å²) < 4.78 is 0. The van der Waals surface area contributed by atoms with Crippen molar-refractivity contribution in [1.29, 1.82) is 0 Å². The van der Waals surface area contributed by atoms with Crippen LogP contribution in [0.1, 0.15) is 41.4 Å². The standard InChI is InChI=1S/C25H31N3O2.C2H6/c1-27-16-6-7-21(18-27)19-28(2)25(30)23-12-10-20(11-13-23)14-15-26-17-24(29)22-8-4-3-5-9-22;1-2/h3-13,18,24,26,29H,14-17,19H2,1-2H3;1-2H3. The Morgan fingerprint density at radius 3 is 2.47 bits per heavy atom. The largest absolute Gasteiger partial charge is 0.387 e. The first-order valence-electron chi connectivity index (χ1n) is 11.4. The van der Waals surface area contributed by atoms with Crippen LogP contribution in [0.25, 0.3) is 0 Å². The number of amides is 1. The topological polar surface area (TPSA) is 55.8 Å². The molecule has 0 radical (unpaired) electrons. The third-order valence-corrected chi connectivity index (χ3v) is 5.19. The fourth-order valence-corrected chi connectivity index (χ4v) is 3.49. The highest BCUT2D eigenvalue weighted by Crippen LogP contribution is 2.12. The predicted molar refractivity (Wildman–Crippen MR) is 133 cm³/mol. The van der Waals surface area contributed by atoms with Crippen molar-refractivity contribution in [2.24, 2.45) is 0 Å². The number of carbonyl (C=O) groups excluding carboxylic acids is 1. The Balaban J connectivity index is 0.00000176. The average molecular weight is 436 g/mol.